The molecule has 0 aliphatic rings. The summed E-state index contributed by atoms with van der Waals surface area (Å²) in [6.45, 7) is 11.6. The van der Waals surface area contributed by atoms with Gasteiger partial charge in [-0.3, -0.25) is 4.79 Å². The summed E-state index contributed by atoms with van der Waals surface area (Å²) in [7, 11) is 0. The van der Waals surface area contributed by atoms with Gasteiger partial charge in [-0.15, -0.1) is 0 Å². The van der Waals surface area contributed by atoms with Crippen LogP contribution >= 0.6 is 0 Å². The fraction of sp³-hybridized carbons (Fsp3) is 0.440. The summed E-state index contributed by atoms with van der Waals surface area (Å²) in [6, 6.07) is 14.3. The monoisotopic (exact) mass is 407 g/mol. The third-order valence-electron chi connectivity index (χ3n) is 5.29. The summed E-state index contributed by atoms with van der Waals surface area (Å²) in [5, 5.41) is 3.07. The molecule has 0 saturated carbocycles. The quantitative estimate of drug-likeness (QED) is 0.508. The highest BCUT2D eigenvalue weighted by Gasteiger charge is 2.18. The maximum Gasteiger partial charge on any atom is 0.220 e. The lowest BCUT2D eigenvalue weighted by Crippen LogP contribution is -2.28. The zero-order valence-corrected chi connectivity index (χ0v) is 18.7. The number of hydrogen-bond acceptors (Lipinski definition) is 3. The summed E-state index contributed by atoms with van der Waals surface area (Å²) < 4.78 is 8.38. The third-order valence-corrected chi connectivity index (χ3v) is 5.29. The molecule has 1 aromatic heterocycles. The van der Waals surface area contributed by atoms with Crippen LogP contribution in [0, 0.1) is 6.92 Å². The maximum atomic E-state index is 12.1. The first-order chi connectivity index (χ1) is 14.4. The average molecular weight is 408 g/mol. The van der Waals surface area contributed by atoms with Gasteiger partial charge in [0.05, 0.1) is 23.6 Å². The Bertz CT molecular complexity index is 1010. The minimum atomic E-state index is -0.165. The molecule has 1 heterocycles. The van der Waals surface area contributed by atoms with Crippen LogP contribution in [0.15, 0.2) is 42.5 Å². The fourth-order valence-corrected chi connectivity index (χ4v) is 3.76. The fourth-order valence-electron chi connectivity index (χ4n) is 3.76. The molecule has 0 fully saturated rings. The van der Waals surface area contributed by atoms with Gasteiger partial charge in [0.15, 0.2) is 0 Å². The van der Waals surface area contributed by atoms with Crippen LogP contribution in [0.3, 0.4) is 0 Å². The highest BCUT2D eigenvalue weighted by molar-refractivity contribution is 5.78. The van der Waals surface area contributed by atoms with E-state index in [-0.39, 0.29) is 11.9 Å². The van der Waals surface area contributed by atoms with Crippen molar-refractivity contribution in [2.75, 3.05) is 6.61 Å². The van der Waals surface area contributed by atoms with Gasteiger partial charge in [0, 0.05) is 6.42 Å². The van der Waals surface area contributed by atoms with Crippen LogP contribution in [0.4, 0.5) is 0 Å². The van der Waals surface area contributed by atoms with Gasteiger partial charge in [-0.1, -0.05) is 45.0 Å². The second-order valence-corrected chi connectivity index (χ2v) is 8.19. The van der Waals surface area contributed by atoms with Gasteiger partial charge >= 0.3 is 0 Å². The number of imidazole rings is 1. The molecule has 30 heavy (non-hydrogen) atoms. The summed E-state index contributed by atoms with van der Waals surface area (Å²) in [6.07, 6.45) is 1.36. The van der Waals surface area contributed by atoms with Crippen LogP contribution < -0.4 is 10.1 Å². The van der Waals surface area contributed by atoms with E-state index in [9.17, 15) is 4.79 Å². The van der Waals surface area contributed by atoms with Crippen molar-refractivity contribution in [3.63, 3.8) is 0 Å². The number of fused-ring (bicyclic) bond motifs is 1. The van der Waals surface area contributed by atoms with Crippen LogP contribution in [-0.4, -0.2) is 22.1 Å². The molecule has 0 saturated heterocycles. The Morgan fingerprint density at radius 2 is 1.93 bits per heavy atom. The van der Waals surface area contributed by atoms with E-state index in [1.165, 1.54) is 11.1 Å². The van der Waals surface area contributed by atoms with E-state index in [0.717, 1.165) is 29.0 Å². The van der Waals surface area contributed by atoms with Crippen molar-refractivity contribution in [2.24, 2.45) is 0 Å². The number of carbonyl (C=O) groups is 1. The standard InChI is InChI=1S/C25H33N3O2/c1-6-9-24(29)26-19(5)25-27-21-10-7-8-11-22(21)28(25)14-15-30-23-16-18(4)12-13-20(23)17(2)3/h7-8,10-13,16-17,19H,6,9,14-15H2,1-5H3,(H,26,29). The van der Waals surface area contributed by atoms with Gasteiger partial charge in [0.2, 0.25) is 5.91 Å². The summed E-state index contributed by atoms with van der Waals surface area (Å²) in [5.74, 6) is 2.26. The van der Waals surface area contributed by atoms with Gasteiger partial charge in [-0.05, 0) is 55.5 Å². The van der Waals surface area contributed by atoms with E-state index >= 15 is 0 Å². The molecule has 0 spiro atoms. The normalized spacial score (nSPS) is 12.3. The van der Waals surface area contributed by atoms with Crippen LogP contribution in [0.1, 0.15) is 69.4 Å². The number of nitrogens with zero attached hydrogens (tertiary/aromatic N) is 2. The zero-order valence-electron chi connectivity index (χ0n) is 18.7. The zero-order chi connectivity index (χ0) is 21.7. The molecule has 0 aliphatic carbocycles. The number of nitrogens with one attached hydrogen (secondary N) is 1. The molecule has 160 valence electrons. The van der Waals surface area contributed by atoms with Gasteiger partial charge in [-0.25, -0.2) is 4.98 Å². The molecule has 1 unspecified atom stereocenters. The Balaban J connectivity index is 1.82. The Labute approximate surface area is 179 Å². The first-order valence-corrected chi connectivity index (χ1v) is 10.9. The second kappa shape index (κ2) is 9.79. The highest BCUT2D eigenvalue weighted by Crippen LogP contribution is 2.28. The van der Waals surface area contributed by atoms with Crippen molar-refractivity contribution in [3.8, 4) is 5.75 Å². The lowest BCUT2D eigenvalue weighted by Gasteiger charge is -2.18. The van der Waals surface area contributed by atoms with Gasteiger partial charge in [0.1, 0.15) is 18.2 Å². The third kappa shape index (κ3) is 5.02. The van der Waals surface area contributed by atoms with Crippen molar-refractivity contribution >= 4 is 16.9 Å². The molecule has 0 aliphatic heterocycles. The number of amides is 1. The van der Waals surface area contributed by atoms with Crippen LogP contribution in [0.2, 0.25) is 0 Å². The number of rotatable bonds is 9. The Morgan fingerprint density at radius 3 is 2.67 bits per heavy atom. The van der Waals surface area contributed by atoms with E-state index < -0.39 is 0 Å². The van der Waals surface area contributed by atoms with Crippen LogP contribution in [0.25, 0.3) is 11.0 Å². The molecular formula is C25H33N3O2. The predicted octanol–water partition coefficient (Wildman–Crippen LogP) is 5.52. The predicted molar refractivity (Wildman–Crippen MR) is 122 cm³/mol. The topological polar surface area (TPSA) is 56.2 Å². The van der Waals surface area contributed by atoms with Crippen molar-refractivity contribution in [1.29, 1.82) is 0 Å². The Hall–Kier alpha value is -2.82. The van der Waals surface area contributed by atoms with E-state index in [2.05, 4.69) is 54.9 Å². The van der Waals surface area contributed by atoms with Gasteiger partial charge in [0.25, 0.3) is 0 Å². The lowest BCUT2D eigenvalue weighted by molar-refractivity contribution is -0.121. The van der Waals surface area contributed by atoms with E-state index in [4.69, 9.17) is 9.72 Å². The number of aryl methyl sites for hydroxylation is 1. The number of para-hydroxylation sites is 2. The smallest absolute Gasteiger partial charge is 0.220 e. The van der Waals surface area contributed by atoms with Crippen molar-refractivity contribution in [1.82, 2.24) is 14.9 Å². The lowest BCUT2D eigenvalue weighted by atomic mass is 10.0. The molecule has 3 rings (SSSR count). The van der Waals surface area contributed by atoms with Crippen LogP contribution in [-0.2, 0) is 11.3 Å². The molecule has 1 atom stereocenters. The molecule has 5 nitrogen and oxygen atoms in total. The van der Waals surface area contributed by atoms with Crippen LogP contribution in [0.5, 0.6) is 5.75 Å². The van der Waals surface area contributed by atoms with Crippen molar-refractivity contribution in [2.45, 2.75) is 66.0 Å². The number of aromatic nitrogens is 2. The van der Waals surface area contributed by atoms with Gasteiger partial charge < -0.3 is 14.6 Å². The molecule has 5 heteroatoms. The van der Waals surface area contributed by atoms with E-state index in [0.29, 0.717) is 25.5 Å². The summed E-state index contributed by atoms with van der Waals surface area (Å²) in [5.41, 5.74) is 4.40. The number of benzene rings is 2. The summed E-state index contributed by atoms with van der Waals surface area (Å²) >= 11 is 0. The minimum absolute atomic E-state index is 0.0567. The largest absolute Gasteiger partial charge is 0.491 e. The molecule has 1 amide bonds. The van der Waals surface area contributed by atoms with E-state index in [1.54, 1.807) is 0 Å². The molecule has 3 aromatic rings. The van der Waals surface area contributed by atoms with Crippen molar-refractivity contribution < 1.29 is 9.53 Å². The maximum absolute atomic E-state index is 12.1. The Morgan fingerprint density at radius 1 is 1.17 bits per heavy atom. The first kappa shape index (κ1) is 21.9. The molecule has 2 aromatic carbocycles. The molecule has 0 radical (unpaired) electrons. The number of carbonyl (C=O) groups excluding carboxylic acids is 1. The van der Waals surface area contributed by atoms with Crippen molar-refractivity contribution in [3.05, 3.63) is 59.4 Å². The number of ether oxygens (including phenoxy) is 1. The molecule has 1 N–H and O–H groups in total. The SMILES string of the molecule is CCCC(=O)NC(C)c1nc2ccccc2n1CCOc1cc(C)ccc1C(C)C. The number of hydrogen-bond donors (Lipinski definition) is 1. The summed E-state index contributed by atoms with van der Waals surface area (Å²) in [4.78, 5) is 16.9. The Kier molecular flexibility index (Phi) is 7.14. The average Bonchev–Trinajstić information content (AvgIpc) is 3.07. The minimum Gasteiger partial charge on any atom is -0.491 e. The van der Waals surface area contributed by atoms with E-state index in [1.807, 2.05) is 32.0 Å². The van der Waals surface area contributed by atoms with Gasteiger partial charge in [-0.2, -0.15) is 0 Å². The highest BCUT2D eigenvalue weighted by atomic mass is 16.5. The molecular weight excluding hydrogens is 374 g/mol. The first-order valence-electron chi connectivity index (χ1n) is 10.9. The molecule has 0 bridgehead atoms. The second-order valence-electron chi connectivity index (χ2n) is 8.19.